The van der Waals surface area contributed by atoms with Gasteiger partial charge < -0.3 is 4.90 Å². The summed E-state index contributed by atoms with van der Waals surface area (Å²) in [5.41, 5.74) is 3.06. The predicted octanol–water partition coefficient (Wildman–Crippen LogP) is 2.82. The van der Waals surface area contributed by atoms with E-state index >= 15 is 0 Å². The van der Waals surface area contributed by atoms with Crippen LogP contribution in [0.4, 0.5) is 0 Å². The summed E-state index contributed by atoms with van der Waals surface area (Å²) < 4.78 is 0. The van der Waals surface area contributed by atoms with E-state index in [4.69, 9.17) is 0 Å². The van der Waals surface area contributed by atoms with Crippen LogP contribution in [0.25, 0.3) is 0 Å². The van der Waals surface area contributed by atoms with E-state index in [0.29, 0.717) is 12.3 Å². The maximum atomic E-state index is 12.1. The van der Waals surface area contributed by atoms with Gasteiger partial charge in [-0.25, -0.2) is 0 Å². The molecule has 2 heterocycles. The fourth-order valence-corrected chi connectivity index (χ4v) is 3.70. The summed E-state index contributed by atoms with van der Waals surface area (Å²) in [5, 5.41) is 0.232. The molecule has 5 heteroatoms. The van der Waals surface area contributed by atoms with Crippen LogP contribution in [-0.4, -0.2) is 31.9 Å². The molecule has 1 fully saturated rings. The van der Waals surface area contributed by atoms with Gasteiger partial charge in [0.15, 0.2) is 0 Å². The van der Waals surface area contributed by atoms with Gasteiger partial charge in [0.25, 0.3) is 0 Å². The van der Waals surface area contributed by atoms with Crippen molar-refractivity contribution in [2.75, 3.05) is 5.75 Å². The number of carbonyl (C=O) groups excluding carboxylic acids is 1. The first kappa shape index (κ1) is 15.0. The highest BCUT2D eigenvalue weighted by molar-refractivity contribution is 8.00. The Kier molecular flexibility index (Phi) is 4.73. The average molecular weight is 313 g/mol. The number of rotatable bonds is 5. The van der Waals surface area contributed by atoms with Gasteiger partial charge in [-0.2, -0.15) is 0 Å². The molecule has 1 unspecified atom stereocenters. The van der Waals surface area contributed by atoms with Crippen LogP contribution < -0.4 is 0 Å². The third-order valence-electron chi connectivity index (χ3n) is 3.76. The molecule has 1 saturated heterocycles. The maximum absolute atomic E-state index is 12.1. The van der Waals surface area contributed by atoms with Crippen molar-refractivity contribution >= 4 is 17.7 Å². The highest BCUT2D eigenvalue weighted by Crippen LogP contribution is 2.29. The molecule has 1 aromatic carbocycles. The molecule has 4 nitrogen and oxygen atoms in total. The van der Waals surface area contributed by atoms with Gasteiger partial charge in [0.1, 0.15) is 0 Å². The summed E-state index contributed by atoms with van der Waals surface area (Å²) >= 11 is 1.73. The van der Waals surface area contributed by atoms with Crippen LogP contribution in [0.15, 0.2) is 42.7 Å². The summed E-state index contributed by atoms with van der Waals surface area (Å²) in [7, 11) is 0. The number of carbonyl (C=O) groups is 1. The van der Waals surface area contributed by atoms with E-state index in [2.05, 4.69) is 34.2 Å². The summed E-state index contributed by atoms with van der Waals surface area (Å²) in [5.74, 6) is 0.768. The number of thioether (sulfide) groups is 1. The maximum Gasteiger partial charge on any atom is 0.233 e. The summed E-state index contributed by atoms with van der Waals surface area (Å²) in [6, 6.07) is 10.4. The van der Waals surface area contributed by atoms with Crippen LogP contribution >= 0.6 is 11.8 Å². The highest BCUT2D eigenvalue weighted by Gasteiger charge is 2.31. The Morgan fingerprint density at radius 1 is 1.23 bits per heavy atom. The van der Waals surface area contributed by atoms with Crippen LogP contribution in [0.2, 0.25) is 0 Å². The van der Waals surface area contributed by atoms with E-state index in [1.54, 1.807) is 24.2 Å². The van der Waals surface area contributed by atoms with Crippen LogP contribution in [0.3, 0.4) is 0 Å². The zero-order valence-corrected chi connectivity index (χ0v) is 13.4. The molecule has 1 aliphatic rings. The lowest BCUT2D eigenvalue weighted by molar-refractivity contribution is -0.128. The molecule has 1 atom stereocenters. The van der Waals surface area contributed by atoms with Gasteiger partial charge in [-0.1, -0.05) is 30.3 Å². The fourth-order valence-electron chi connectivity index (χ4n) is 2.54. The van der Waals surface area contributed by atoms with Gasteiger partial charge in [-0.05, 0) is 25.3 Å². The fraction of sp³-hybridized carbons (Fsp3) is 0.353. The molecule has 0 bridgehead atoms. The minimum absolute atomic E-state index is 0.199. The van der Waals surface area contributed by atoms with Crippen molar-refractivity contribution in [3.05, 3.63) is 59.7 Å². The molecule has 1 amide bonds. The quantitative estimate of drug-likeness (QED) is 0.851. The molecule has 0 saturated carbocycles. The van der Waals surface area contributed by atoms with E-state index in [0.717, 1.165) is 24.2 Å². The molecule has 0 N–H and O–H groups in total. The smallest absolute Gasteiger partial charge is 0.233 e. The number of amides is 1. The van der Waals surface area contributed by atoms with Crippen molar-refractivity contribution in [2.24, 2.45) is 0 Å². The van der Waals surface area contributed by atoms with Crippen molar-refractivity contribution in [1.29, 1.82) is 0 Å². The van der Waals surface area contributed by atoms with E-state index in [1.807, 2.05) is 17.9 Å². The molecule has 22 heavy (non-hydrogen) atoms. The van der Waals surface area contributed by atoms with Crippen molar-refractivity contribution in [3.8, 4) is 0 Å². The summed E-state index contributed by atoms with van der Waals surface area (Å²) in [4.78, 5) is 22.7. The van der Waals surface area contributed by atoms with Crippen LogP contribution in [0.5, 0.6) is 0 Å². The predicted molar refractivity (Wildman–Crippen MR) is 88.3 cm³/mol. The van der Waals surface area contributed by atoms with Crippen molar-refractivity contribution in [3.63, 3.8) is 0 Å². The van der Waals surface area contributed by atoms with Gasteiger partial charge in [-0.15, -0.1) is 11.8 Å². The number of aromatic nitrogens is 2. The third-order valence-corrected chi connectivity index (χ3v) is 5.05. The summed E-state index contributed by atoms with van der Waals surface area (Å²) in [6.07, 6.45) is 5.48. The van der Waals surface area contributed by atoms with E-state index < -0.39 is 0 Å². The van der Waals surface area contributed by atoms with E-state index in [9.17, 15) is 4.79 Å². The first-order valence-corrected chi connectivity index (χ1v) is 8.50. The first-order valence-electron chi connectivity index (χ1n) is 7.45. The molecule has 3 rings (SSSR count). The lowest BCUT2D eigenvalue weighted by atomic mass is 10.1. The Labute approximate surface area is 135 Å². The second kappa shape index (κ2) is 6.92. The highest BCUT2D eigenvalue weighted by atomic mass is 32.2. The zero-order valence-electron chi connectivity index (χ0n) is 12.6. The minimum Gasteiger partial charge on any atom is -0.324 e. The van der Waals surface area contributed by atoms with Gasteiger partial charge in [-0.3, -0.25) is 14.8 Å². The topological polar surface area (TPSA) is 46.1 Å². The van der Waals surface area contributed by atoms with Gasteiger partial charge in [0, 0.05) is 6.20 Å². The largest absolute Gasteiger partial charge is 0.324 e. The van der Waals surface area contributed by atoms with Gasteiger partial charge in [0.2, 0.25) is 5.91 Å². The van der Waals surface area contributed by atoms with Crippen LogP contribution in [-0.2, 0) is 17.8 Å². The molecule has 2 aromatic rings. The van der Waals surface area contributed by atoms with E-state index in [-0.39, 0.29) is 11.3 Å². The number of hydrogen-bond donors (Lipinski definition) is 0. The van der Waals surface area contributed by atoms with Crippen LogP contribution in [0.1, 0.15) is 23.4 Å². The van der Waals surface area contributed by atoms with Gasteiger partial charge in [0.05, 0.1) is 35.3 Å². The van der Waals surface area contributed by atoms with E-state index in [1.165, 1.54) is 5.56 Å². The molecule has 0 radical (unpaired) electrons. The third kappa shape index (κ3) is 3.65. The minimum atomic E-state index is 0.199. The molecular formula is C17H19N3OS. The van der Waals surface area contributed by atoms with Crippen molar-refractivity contribution in [1.82, 2.24) is 14.9 Å². The Balaban J connectivity index is 1.63. The molecular weight excluding hydrogens is 294 g/mol. The van der Waals surface area contributed by atoms with Crippen LogP contribution in [0, 0.1) is 6.92 Å². The SMILES string of the molecule is Cc1cnc(CN2C(=O)CSC2CCc2ccccc2)cn1. The molecule has 114 valence electrons. The normalized spacial score (nSPS) is 18.0. The zero-order chi connectivity index (χ0) is 15.4. The Bertz CT molecular complexity index is 630. The summed E-state index contributed by atoms with van der Waals surface area (Å²) in [6.45, 7) is 2.47. The second-order valence-corrected chi connectivity index (χ2v) is 6.63. The Morgan fingerprint density at radius 3 is 2.77 bits per heavy atom. The molecule has 0 aliphatic carbocycles. The number of hydrogen-bond acceptors (Lipinski definition) is 4. The monoisotopic (exact) mass is 313 g/mol. The Morgan fingerprint density at radius 2 is 2.05 bits per heavy atom. The number of nitrogens with zero attached hydrogens (tertiary/aromatic N) is 3. The number of aryl methyl sites for hydroxylation is 2. The van der Waals surface area contributed by atoms with Crippen molar-refractivity contribution in [2.45, 2.75) is 31.7 Å². The molecule has 0 spiro atoms. The second-order valence-electron chi connectivity index (χ2n) is 5.46. The number of benzene rings is 1. The Hall–Kier alpha value is -1.88. The standard InChI is InChI=1S/C17H19N3OS/c1-13-9-19-15(10-18-13)11-20-16(21)12-22-17(20)8-7-14-5-3-2-4-6-14/h2-6,9-10,17H,7-8,11-12H2,1H3. The van der Waals surface area contributed by atoms with Gasteiger partial charge >= 0.3 is 0 Å². The average Bonchev–Trinajstić information content (AvgIpc) is 2.89. The lowest BCUT2D eigenvalue weighted by Crippen LogP contribution is -2.32. The molecule has 1 aliphatic heterocycles. The van der Waals surface area contributed by atoms with Crippen molar-refractivity contribution < 1.29 is 4.79 Å². The first-order chi connectivity index (χ1) is 10.7. The lowest BCUT2D eigenvalue weighted by Gasteiger charge is -2.23. The molecule has 1 aromatic heterocycles.